The Hall–Kier alpha value is -2.86. The lowest BCUT2D eigenvalue weighted by atomic mass is 10.1. The molecule has 140 valence electrons. The second-order valence-corrected chi connectivity index (χ2v) is 6.82. The molecule has 1 aliphatic rings. The van der Waals surface area contributed by atoms with Crippen molar-refractivity contribution >= 4 is 35.0 Å². The SMILES string of the molecule is O=C(NCCc1ccc(Cl)cc1)C(=O)Nc1ccccc1C(=O)NC1CC1. The van der Waals surface area contributed by atoms with Crippen LogP contribution in [0.2, 0.25) is 5.02 Å². The molecular weight excluding hydrogens is 366 g/mol. The lowest BCUT2D eigenvalue weighted by Crippen LogP contribution is -2.37. The smallest absolute Gasteiger partial charge is 0.313 e. The third-order valence-electron chi connectivity index (χ3n) is 4.15. The Labute approximate surface area is 162 Å². The second-order valence-electron chi connectivity index (χ2n) is 6.38. The van der Waals surface area contributed by atoms with Gasteiger partial charge in [0.15, 0.2) is 0 Å². The fourth-order valence-corrected chi connectivity index (χ4v) is 2.64. The Kier molecular flexibility index (Phi) is 6.08. The standard InChI is InChI=1S/C20H20ClN3O3/c21-14-7-5-13(6-8-14)11-12-22-19(26)20(27)24-17-4-2-1-3-16(17)18(25)23-15-9-10-15/h1-8,15H,9-12H2,(H,22,26)(H,23,25)(H,24,27). The molecule has 1 saturated carbocycles. The molecule has 27 heavy (non-hydrogen) atoms. The van der Waals surface area contributed by atoms with Gasteiger partial charge < -0.3 is 16.0 Å². The van der Waals surface area contributed by atoms with Crippen molar-refractivity contribution in [3.05, 3.63) is 64.7 Å². The largest absolute Gasteiger partial charge is 0.349 e. The Morgan fingerprint density at radius 2 is 1.67 bits per heavy atom. The first-order chi connectivity index (χ1) is 13.0. The van der Waals surface area contributed by atoms with Gasteiger partial charge in [0, 0.05) is 17.6 Å². The van der Waals surface area contributed by atoms with E-state index in [0.29, 0.717) is 29.2 Å². The summed E-state index contributed by atoms with van der Waals surface area (Å²) in [6.45, 7) is 0.317. The van der Waals surface area contributed by atoms with Gasteiger partial charge in [-0.15, -0.1) is 0 Å². The number of amides is 3. The zero-order chi connectivity index (χ0) is 19.2. The normalized spacial score (nSPS) is 12.9. The molecular formula is C20H20ClN3O3. The molecule has 0 radical (unpaired) electrons. The molecule has 6 nitrogen and oxygen atoms in total. The number of rotatable bonds is 6. The molecule has 0 aliphatic heterocycles. The van der Waals surface area contributed by atoms with E-state index in [1.807, 2.05) is 12.1 Å². The average molecular weight is 386 g/mol. The van der Waals surface area contributed by atoms with Crippen molar-refractivity contribution in [1.82, 2.24) is 10.6 Å². The Morgan fingerprint density at radius 1 is 0.963 bits per heavy atom. The minimum absolute atomic E-state index is 0.206. The summed E-state index contributed by atoms with van der Waals surface area (Å²) < 4.78 is 0. The summed E-state index contributed by atoms with van der Waals surface area (Å²) in [4.78, 5) is 36.4. The number of carbonyl (C=O) groups is 3. The molecule has 7 heteroatoms. The van der Waals surface area contributed by atoms with Crippen molar-refractivity contribution in [2.24, 2.45) is 0 Å². The van der Waals surface area contributed by atoms with Gasteiger partial charge in [0.05, 0.1) is 11.3 Å². The van der Waals surface area contributed by atoms with E-state index in [2.05, 4.69) is 16.0 Å². The van der Waals surface area contributed by atoms with E-state index in [0.717, 1.165) is 18.4 Å². The van der Waals surface area contributed by atoms with E-state index in [1.54, 1.807) is 36.4 Å². The molecule has 0 aromatic heterocycles. The zero-order valence-electron chi connectivity index (χ0n) is 14.6. The summed E-state index contributed by atoms with van der Waals surface area (Å²) in [5.74, 6) is -1.81. The van der Waals surface area contributed by atoms with Gasteiger partial charge in [-0.25, -0.2) is 0 Å². The van der Waals surface area contributed by atoms with E-state index in [1.165, 1.54) is 0 Å². The molecule has 1 fully saturated rings. The van der Waals surface area contributed by atoms with Gasteiger partial charge in [0.25, 0.3) is 5.91 Å². The number of carbonyl (C=O) groups excluding carboxylic acids is 3. The maximum Gasteiger partial charge on any atom is 0.313 e. The van der Waals surface area contributed by atoms with Crippen LogP contribution in [0.5, 0.6) is 0 Å². The third-order valence-corrected chi connectivity index (χ3v) is 4.40. The fourth-order valence-electron chi connectivity index (χ4n) is 2.51. The van der Waals surface area contributed by atoms with E-state index in [9.17, 15) is 14.4 Å². The Bertz CT molecular complexity index is 848. The van der Waals surface area contributed by atoms with Gasteiger partial charge >= 0.3 is 11.8 Å². The van der Waals surface area contributed by atoms with Crippen molar-refractivity contribution in [1.29, 1.82) is 0 Å². The van der Waals surface area contributed by atoms with Crippen molar-refractivity contribution in [2.75, 3.05) is 11.9 Å². The van der Waals surface area contributed by atoms with Crippen molar-refractivity contribution in [3.8, 4) is 0 Å². The molecule has 0 heterocycles. The van der Waals surface area contributed by atoms with E-state index >= 15 is 0 Å². The first-order valence-corrected chi connectivity index (χ1v) is 9.14. The van der Waals surface area contributed by atoms with Crippen LogP contribution in [-0.4, -0.2) is 30.3 Å². The maximum atomic E-state index is 12.2. The molecule has 3 N–H and O–H groups in total. The average Bonchev–Trinajstić information content (AvgIpc) is 3.47. The number of hydrogen-bond donors (Lipinski definition) is 3. The van der Waals surface area contributed by atoms with Gasteiger partial charge in [0.1, 0.15) is 0 Å². The molecule has 0 saturated heterocycles. The minimum atomic E-state index is -0.808. The first-order valence-electron chi connectivity index (χ1n) is 8.76. The highest BCUT2D eigenvalue weighted by Crippen LogP contribution is 2.21. The third kappa shape index (κ3) is 5.56. The number of halogens is 1. The van der Waals surface area contributed by atoms with E-state index in [-0.39, 0.29) is 11.9 Å². The monoisotopic (exact) mass is 385 g/mol. The van der Waals surface area contributed by atoms with Crippen molar-refractivity contribution in [3.63, 3.8) is 0 Å². The predicted octanol–water partition coefficient (Wildman–Crippen LogP) is 2.53. The van der Waals surface area contributed by atoms with Gasteiger partial charge in [-0.1, -0.05) is 35.9 Å². The summed E-state index contributed by atoms with van der Waals surface area (Å²) in [5.41, 5.74) is 1.66. The topological polar surface area (TPSA) is 87.3 Å². The molecule has 1 aliphatic carbocycles. The van der Waals surface area contributed by atoms with Crippen LogP contribution in [-0.2, 0) is 16.0 Å². The highest BCUT2D eigenvalue weighted by molar-refractivity contribution is 6.40. The zero-order valence-corrected chi connectivity index (χ0v) is 15.4. The summed E-state index contributed by atoms with van der Waals surface area (Å²) in [5, 5.41) is 8.60. The van der Waals surface area contributed by atoms with Gasteiger partial charge in [-0.2, -0.15) is 0 Å². The highest BCUT2D eigenvalue weighted by Gasteiger charge is 2.25. The van der Waals surface area contributed by atoms with Gasteiger partial charge in [0.2, 0.25) is 0 Å². The van der Waals surface area contributed by atoms with Crippen LogP contribution in [0.3, 0.4) is 0 Å². The number of hydrogen-bond acceptors (Lipinski definition) is 3. The number of nitrogens with one attached hydrogen (secondary N) is 3. The quantitative estimate of drug-likeness (QED) is 0.668. The number of benzene rings is 2. The van der Waals surface area contributed by atoms with Crippen LogP contribution in [0, 0.1) is 0 Å². The van der Waals surface area contributed by atoms with Gasteiger partial charge in [-0.3, -0.25) is 14.4 Å². The summed E-state index contributed by atoms with van der Waals surface area (Å²) in [6, 6.07) is 14.1. The molecule has 0 bridgehead atoms. The van der Waals surface area contributed by atoms with Crippen molar-refractivity contribution < 1.29 is 14.4 Å². The molecule has 2 aromatic rings. The minimum Gasteiger partial charge on any atom is -0.349 e. The van der Waals surface area contributed by atoms with Crippen LogP contribution >= 0.6 is 11.6 Å². The predicted molar refractivity (Wildman–Crippen MR) is 104 cm³/mol. The highest BCUT2D eigenvalue weighted by atomic mass is 35.5. The van der Waals surface area contributed by atoms with Crippen molar-refractivity contribution in [2.45, 2.75) is 25.3 Å². The molecule has 3 rings (SSSR count). The van der Waals surface area contributed by atoms with E-state index in [4.69, 9.17) is 11.6 Å². The first kappa shape index (κ1) is 18.9. The van der Waals surface area contributed by atoms with Crippen LogP contribution in [0.25, 0.3) is 0 Å². The molecule has 3 amide bonds. The fraction of sp³-hybridized carbons (Fsp3) is 0.250. The molecule has 0 spiro atoms. The Balaban J connectivity index is 1.52. The molecule has 0 atom stereocenters. The van der Waals surface area contributed by atoms with Crippen LogP contribution < -0.4 is 16.0 Å². The lowest BCUT2D eigenvalue weighted by molar-refractivity contribution is -0.136. The van der Waals surface area contributed by atoms with Crippen LogP contribution in [0.15, 0.2) is 48.5 Å². The van der Waals surface area contributed by atoms with Crippen LogP contribution in [0.1, 0.15) is 28.8 Å². The van der Waals surface area contributed by atoms with Crippen LogP contribution in [0.4, 0.5) is 5.69 Å². The Morgan fingerprint density at radius 3 is 2.37 bits per heavy atom. The lowest BCUT2D eigenvalue weighted by Gasteiger charge is -2.11. The summed E-state index contributed by atoms with van der Waals surface area (Å²) in [7, 11) is 0. The van der Waals surface area contributed by atoms with E-state index < -0.39 is 11.8 Å². The second kappa shape index (κ2) is 8.68. The summed E-state index contributed by atoms with van der Waals surface area (Å²) in [6.07, 6.45) is 2.52. The maximum absolute atomic E-state index is 12.2. The number of anilines is 1. The molecule has 2 aromatic carbocycles. The summed E-state index contributed by atoms with van der Waals surface area (Å²) >= 11 is 5.83. The number of para-hydroxylation sites is 1. The van der Waals surface area contributed by atoms with Gasteiger partial charge in [-0.05, 0) is 49.1 Å². The molecule has 0 unspecified atom stereocenters.